The first kappa shape index (κ1) is 16.2. The van der Waals surface area contributed by atoms with Crippen molar-refractivity contribution in [2.75, 3.05) is 16.9 Å². The van der Waals surface area contributed by atoms with E-state index >= 15 is 0 Å². The van der Waals surface area contributed by atoms with Crippen LogP contribution >= 0.6 is 11.3 Å². The minimum absolute atomic E-state index is 0.0835. The number of aromatic nitrogens is 3. The molecule has 130 valence electrons. The highest BCUT2D eigenvalue weighted by molar-refractivity contribution is 7.91. The number of nitrogens with zero attached hydrogens (tertiary/aromatic N) is 3. The van der Waals surface area contributed by atoms with E-state index in [1.807, 2.05) is 12.1 Å². The molecule has 1 amide bonds. The number of nitrogens with one attached hydrogen (secondary N) is 2. The average molecular weight is 377 g/mol. The van der Waals surface area contributed by atoms with Gasteiger partial charge in [0.2, 0.25) is 5.91 Å². The minimum atomic E-state index is -2.98. The van der Waals surface area contributed by atoms with E-state index in [0.717, 1.165) is 20.4 Å². The molecule has 3 aromatic heterocycles. The summed E-state index contributed by atoms with van der Waals surface area (Å²) in [5, 5.41) is 0.940. The zero-order valence-electron chi connectivity index (χ0n) is 13.1. The van der Waals surface area contributed by atoms with E-state index in [2.05, 4.69) is 25.8 Å². The molecule has 25 heavy (non-hydrogen) atoms. The molecule has 1 unspecified atom stereocenters. The van der Waals surface area contributed by atoms with Gasteiger partial charge in [0.15, 0.2) is 15.7 Å². The zero-order valence-corrected chi connectivity index (χ0v) is 14.7. The maximum absolute atomic E-state index is 12.1. The molecular weight excluding hydrogens is 362 g/mol. The maximum Gasteiger partial charge on any atom is 0.238 e. The lowest BCUT2D eigenvalue weighted by Gasteiger charge is -2.10. The number of hydrazine groups is 1. The summed E-state index contributed by atoms with van der Waals surface area (Å²) in [5.41, 5.74) is 6.21. The number of carbonyl (C=O) groups is 1. The predicted molar refractivity (Wildman–Crippen MR) is 95.9 cm³/mol. The van der Waals surface area contributed by atoms with Gasteiger partial charge in [-0.25, -0.2) is 23.4 Å². The molecule has 4 heterocycles. The highest BCUT2D eigenvalue weighted by Gasteiger charge is 2.29. The third kappa shape index (κ3) is 3.27. The lowest BCUT2D eigenvalue weighted by atomic mass is 10.1. The van der Waals surface area contributed by atoms with Crippen LogP contribution in [0.3, 0.4) is 0 Å². The van der Waals surface area contributed by atoms with Crippen LogP contribution in [-0.4, -0.2) is 40.8 Å². The summed E-state index contributed by atoms with van der Waals surface area (Å²) in [6.45, 7) is 0. The summed E-state index contributed by atoms with van der Waals surface area (Å²) in [7, 11) is -2.98. The summed E-state index contributed by atoms with van der Waals surface area (Å²) in [4.78, 5) is 25.7. The Bertz CT molecular complexity index is 1060. The first-order valence-corrected chi connectivity index (χ1v) is 10.4. The Morgan fingerprint density at radius 2 is 2.20 bits per heavy atom. The van der Waals surface area contributed by atoms with E-state index in [4.69, 9.17) is 0 Å². The summed E-state index contributed by atoms with van der Waals surface area (Å²) in [6.07, 6.45) is 3.86. The second-order valence-corrected chi connectivity index (χ2v) is 9.23. The van der Waals surface area contributed by atoms with Gasteiger partial charge in [-0.1, -0.05) is 0 Å². The fourth-order valence-electron chi connectivity index (χ4n) is 2.98. The first-order valence-electron chi connectivity index (χ1n) is 7.75. The smallest absolute Gasteiger partial charge is 0.238 e. The molecule has 1 atom stereocenters. The highest BCUT2D eigenvalue weighted by Crippen LogP contribution is 2.34. The molecule has 10 heteroatoms. The summed E-state index contributed by atoms with van der Waals surface area (Å²) in [5.74, 6) is 0.374. The molecule has 0 saturated carbocycles. The van der Waals surface area contributed by atoms with Gasteiger partial charge in [0.25, 0.3) is 0 Å². The van der Waals surface area contributed by atoms with Crippen molar-refractivity contribution in [3.05, 3.63) is 24.7 Å². The summed E-state index contributed by atoms with van der Waals surface area (Å²) < 4.78 is 23.7. The topological polar surface area (TPSA) is 114 Å². The van der Waals surface area contributed by atoms with Crippen LogP contribution in [0.5, 0.6) is 0 Å². The second-order valence-electron chi connectivity index (χ2n) is 6.00. The number of fused-ring (bicyclic) bond motifs is 3. The highest BCUT2D eigenvalue weighted by atomic mass is 32.2. The van der Waals surface area contributed by atoms with Gasteiger partial charge in [-0.15, -0.1) is 11.3 Å². The number of hydrogen-bond acceptors (Lipinski definition) is 8. The standard InChI is InChI=1S/C15H15N5O3S2/c21-11(6-9-3-5-25(22,23)7-9)19-20-14-13-12(17-8-18-14)10-2-1-4-16-15(10)24-13/h1-2,4,8-9H,3,5-7H2,(H,19,21)(H,17,18,20). The normalized spacial score (nSPS) is 19.3. The summed E-state index contributed by atoms with van der Waals surface area (Å²) in [6, 6.07) is 3.79. The molecule has 8 nitrogen and oxygen atoms in total. The Hall–Kier alpha value is -2.33. The number of amides is 1. The zero-order chi connectivity index (χ0) is 17.4. The van der Waals surface area contributed by atoms with Crippen LogP contribution in [0.15, 0.2) is 24.7 Å². The molecule has 1 aliphatic rings. The number of anilines is 1. The molecular formula is C15H15N5O3S2. The maximum atomic E-state index is 12.1. The third-order valence-electron chi connectivity index (χ3n) is 4.15. The van der Waals surface area contributed by atoms with E-state index in [-0.39, 0.29) is 29.8 Å². The molecule has 2 N–H and O–H groups in total. The van der Waals surface area contributed by atoms with Crippen LogP contribution in [0.25, 0.3) is 20.4 Å². The van der Waals surface area contributed by atoms with Gasteiger partial charge in [-0.2, -0.15) is 0 Å². The number of sulfone groups is 1. The third-order valence-corrected chi connectivity index (χ3v) is 7.10. The molecule has 0 bridgehead atoms. The molecule has 0 spiro atoms. The van der Waals surface area contributed by atoms with Crippen LogP contribution in [-0.2, 0) is 14.6 Å². The van der Waals surface area contributed by atoms with Crippen LogP contribution in [0, 0.1) is 5.92 Å². The van der Waals surface area contributed by atoms with E-state index in [9.17, 15) is 13.2 Å². The molecule has 0 aliphatic carbocycles. The lowest BCUT2D eigenvalue weighted by molar-refractivity contribution is -0.121. The van der Waals surface area contributed by atoms with Crippen molar-refractivity contribution in [2.45, 2.75) is 12.8 Å². The average Bonchev–Trinajstić information content (AvgIpc) is 3.13. The SMILES string of the molecule is O=C(CC1CCS(=O)(=O)C1)NNc1ncnc2c1sc1ncccc12. The van der Waals surface area contributed by atoms with Crippen molar-refractivity contribution in [1.82, 2.24) is 20.4 Å². The van der Waals surface area contributed by atoms with E-state index in [0.29, 0.717) is 12.2 Å². The second kappa shape index (κ2) is 6.19. The molecule has 1 fully saturated rings. The molecule has 1 saturated heterocycles. The minimum Gasteiger partial charge on any atom is -0.281 e. The first-order chi connectivity index (χ1) is 12.0. The van der Waals surface area contributed by atoms with Gasteiger partial charge < -0.3 is 0 Å². The van der Waals surface area contributed by atoms with E-state index in [1.165, 1.54) is 17.7 Å². The number of hydrogen-bond donors (Lipinski definition) is 2. The van der Waals surface area contributed by atoms with Crippen molar-refractivity contribution < 1.29 is 13.2 Å². The monoisotopic (exact) mass is 377 g/mol. The van der Waals surface area contributed by atoms with Crippen molar-refractivity contribution in [3.8, 4) is 0 Å². The van der Waals surface area contributed by atoms with Gasteiger partial charge >= 0.3 is 0 Å². The van der Waals surface area contributed by atoms with Gasteiger partial charge in [0.1, 0.15) is 11.2 Å². The number of rotatable bonds is 4. The van der Waals surface area contributed by atoms with Crippen molar-refractivity contribution >= 4 is 53.3 Å². The Kier molecular flexibility index (Phi) is 4.00. The fourth-order valence-corrected chi connectivity index (χ4v) is 5.88. The Labute approximate surface area is 147 Å². The fraction of sp³-hybridized carbons (Fsp3) is 0.333. The van der Waals surface area contributed by atoms with Gasteiger partial charge in [0, 0.05) is 18.0 Å². The van der Waals surface area contributed by atoms with Crippen LogP contribution < -0.4 is 10.9 Å². The number of thiophene rings is 1. The Morgan fingerprint density at radius 1 is 1.32 bits per heavy atom. The molecule has 4 rings (SSSR count). The van der Waals surface area contributed by atoms with E-state index in [1.54, 1.807) is 6.20 Å². The van der Waals surface area contributed by atoms with E-state index < -0.39 is 9.84 Å². The Morgan fingerprint density at radius 3 is 3.00 bits per heavy atom. The van der Waals surface area contributed by atoms with Crippen LogP contribution in [0.2, 0.25) is 0 Å². The van der Waals surface area contributed by atoms with Gasteiger partial charge in [-0.05, 0) is 24.5 Å². The van der Waals surface area contributed by atoms with Gasteiger partial charge in [0.05, 0.1) is 21.7 Å². The molecule has 1 aliphatic heterocycles. The quantitative estimate of drug-likeness (QED) is 0.662. The Balaban J connectivity index is 1.48. The van der Waals surface area contributed by atoms with Crippen LogP contribution in [0.4, 0.5) is 5.82 Å². The number of carbonyl (C=O) groups excluding carboxylic acids is 1. The molecule has 0 radical (unpaired) electrons. The molecule has 3 aromatic rings. The van der Waals surface area contributed by atoms with Crippen molar-refractivity contribution in [2.24, 2.45) is 5.92 Å². The number of pyridine rings is 1. The lowest BCUT2D eigenvalue weighted by Crippen LogP contribution is -2.31. The largest absolute Gasteiger partial charge is 0.281 e. The predicted octanol–water partition coefficient (Wildman–Crippen LogP) is 1.51. The summed E-state index contributed by atoms with van der Waals surface area (Å²) >= 11 is 1.44. The van der Waals surface area contributed by atoms with Gasteiger partial charge in [-0.3, -0.25) is 15.6 Å². The molecule has 0 aromatic carbocycles. The van der Waals surface area contributed by atoms with Crippen molar-refractivity contribution in [1.29, 1.82) is 0 Å². The van der Waals surface area contributed by atoms with Crippen molar-refractivity contribution in [3.63, 3.8) is 0 Å². The van der Waals surface area contributed by atoms with Crippen LogP contribution in [0.1, 0.15) is 12.8 Å².